The molecule has 3 rings (SSSR count). The number of aromatic nitrogens is 1. The maximum absolute atomic E-state index is 4.66. The summed E-state index contributed by atoms with van der Waals surface area (Å²) in [6.45, 7) is 0.670. The molecule has 0 unspecified atom stereocenters. The zero-order chi connectivity index (χ0) is 14.8. The number of pyridine rings is 1. The molecule has 0 radical (unpaired) electrons. The summed E-state index contributed by atoms with van der Waals surface area (Å²) < 4.78 is 3.03. The van der Waals surface area contributed by atoms with E-state index in [0.29, 0.717) is 6.54 Å². The summed E-state index contributed by atoms with van der Waals surface area (Å²) in [6, 6.07) is 16.3. The van der Waals surface area contributed by atoms with Crippen LogP contribution in [-0.2, 0) is 6.54 Å². The van der Waals surface area contributed by atoms with Crippen LogP contribution in [0.2, 0.25) is 0 Å². The van der Waals surface area contributed by atoms with Crippen molar-refractivity contribution >= 4 is 64.4 Å². The normalized spacial score (nSPS) is 10.8. The lowest BCUT2D eigenvalue weighted by Gasteiger charge is -2.11. The van der Waals surface area contributed by atoms with E-state index in [9.17, 15) is 0 Å². The molecule has 21 heavy (non-hydrogen) atoms. The monoisotopic (exact) mass is 468 g/mol. The second-order valence-corrected chi connectivity index (χ2v) is 7.22. The Kier molecular flexibility index (Phi) is 4.62. The molecule has 0 fully saturated rings. The molecule has 1 aromatic heterocycles. The van der Waals surface area contributed by atoms with Gasteiger partial charge in [0.1, 0.15) is 0 Å². The molecule has 106 valence electrons. The zero-order valence-corrected chi connectivity index (χ0v) is 15.7. The Morgan fingerprint density at radius 3 is 2.38 bits per heavy atom. The van der Waals surface area contributed by atoms with Crippen molar-refractivity contribution in [3.05, 3.63) is 67.6 Å². The second-order valence-electron chi connectivity index (χ2n) is 4.59. The van der Waals surface area contributed by atoms with Gasteiger partial charge in [0, 0.05) is 18.8 Å². The molecule has 3 aromatic rings. The minimum atomic E-state index is 0.670. The summed E-state index contributed by atoms with van der Waals surface area (Å²) in [6.07, 6.45) is 0. The fourth-order valence-electron chi connectivity index (χ4n) is 2.10. The van der Waals surface area contributed by atoms with Gasteiger partial charge in [-0.15, -0.1) is 0 Å². The Labute approximate surface area is 148 Å². The number of hydrogen-bond donors (Lipinski definition) is 1. The van der Waals surface area contributed by atoms with Gasteiger partial charge in [0.25, 0.3) is 0 Å². The van der Waals surface area contributed by atoms with Gasteiger partial charge >= 0.3 is 0 Å². The van der Waals surface area contributed by atoms with Crippen LogP contribution in [-0.4, -0.2) is 4.98 Å². The standard InChI is InChI=1S/C16H11Br3N2/c17-11-7-13(18)16(14(19)8-11)20-9-12-6-5-10-3-1-2-4-15(10)21-12/h1-8,20H,9H2. The van der Waals surface area contributed by atoms with Gasteiger partial charge in [0.2, 0.25) is 0 Å². The van der Waals surface area contributed by atoms with Crippen LogP contribution in [0.15, 0.2) is 61.9 Å². The first-order chi connectivity index (χ1) is 10.1. The van der Waals surface area contributed by atoms with Crippen LogP contribution < -0.4 is 5.32 Å². The molecular weight excluding hydrogens is 460 g/mol. The quantitative estimate of drug-likeness (QED) is 0.497. The van der Waals surface area contributed by atoms with E-state index in [-0.39, 0.29) is 0 Å². The molecule has 0 amide bonds. The molecular formula is C16H11Br3N2. The molecule has 1 heterocycles. The van der Waals surface area contributed by atoms with Crippen LogP contribution in [0, 0.1) is 0 Å². The average molecular weight is 471 g/mol. The van der Waals surface area contributed by atoms with Crippen molar-refractivity contribution in [2.24, 2.45) is 0 Å². The van der Waals surface area contributed by atoms with Crippen molar-refractivity contribution in [3.8, 4) is 0 Å². The number of fused-ring (bicyclic) bond motifs is 1. The summed E-state index contributed by atoms with van der Waals surface area (Å²) in [4.78, 5) is 4.66. The third-order valence-corrected chi connectivity index (χ3v) is 4.82. The largest absolute Gasteiger partial charge is 0.378 e. The first-order valence-corrected chi connectivity index (χ1v) is 8.74. The maximum atomic E-state index is 4.66. The number of rotatable bonds is 3. The Morgan fingerprint density at radius 2 is 1.62 bits per heavy atom. The van der Waals surface area contributed by atoms with Crippen LogP contribution in [0.4, 0.5) is 5.69 Å². The van der Waals surface area contributed by atoms with Crippen molar-refractivity contribution in [3.63, 3.8) is 0 Å². The van der Waals surface area contributed by atoms with E-state index < -0.39 is 0 Å². The third kappa shape index (κ3) is 3.47. The lowest BCUT2D eigenvalue weighted by atomic mass is 10.2. The first-order valence-electron chi connectivity index (χ1n) is 6.36. The molecule has 0 saturated heterocycles. The number of benzene rings is 2. The summed E-state index contributed by atoms with van der Waals surface area (Å²) in [7, 11) is 0. The number of nitrogens with zero attached hydrogens (tertiary/aromatic N) is 1. The zero-order valence-electron chi connectivity index (χ0n) is 10.9. The van der Waals surface area contributed by atoms with E-state index in [1.807, 2.05) is 30.3 Å². The number of anilines is 1. The molecule has 5 heteroatoms. The van der Waals surface area contributed by atoms with Crippen molar-refractivity contribution in [1.29, 1.82) is 0 Å². The molecule has 2 aromatic carbocycles. The van der Waals surface area contributed by atoms with Crippen LogP contribution in [0.1, 0.15) is 5.69 Å². The summed E-state index contributed by atoms with van der Waals surface area (Å²) in [5.74, 6) is 0. The van der Waals surface area contributed by atoms with E-state index >= 15 is 0 Å². The van der Waals surface area contributed by atoms with Gasteiger partial charge < -0.3 is 5.32 Å². The van der Waals surface area contributed by atoms with E-state index in [0.717, 1.165) is 35.7 Å². The van der Waals surface area contributed by atoms with Crippen molar-refractivity contribution in [2.45, 2.75) is 6.54 Å². The lowest BCUT2D eigenvalue weighted by Crippen LogP contribution is -2.03. The van der Waals surface area contributed by atoms with Crippen LogP contribution in [0.3, 0.4) is 0 Å². The van der Waals surface area contributed by atoms with Crippen molar-refractivity contribution in [2.75, 3.05) is 5.32 Å². The Bertz CT molecular complexity index is 779. The molecule has 0 saturated carbocycles. The highest BCUT2D eigenvalue weighted by Crippen LogP contribution is 2.34. The molecule has 0 aliphatic carbocycles. The van der Waals surface area contributed by atoms with Crippen LogP contribution >= 0.6 is 47.8 Å². The fraction of sp³-hybridized carbons (Fsp3) is 0.0625. The maximum Gasteiger partial charge on any atom is 0.0706 e. The minimum absolute atomic E-state index is 0.670. The molecule has 0 bridgehead atoms. The Balaban J connectivity index is 1.83. The number of halogens is 3. The SMILES string of the molecule is Brc1cc(Br)c(NCc2ccc3ccccc3n2)c(Br)c1. The van der Waals surface area contributed by atoms with Gasteiger partial charge in [0.05, 0.1) is 23.4 Å². The predicted octanol–water partition coefficient (Wildman–Crippen LogP) is 6.13. The van der Waals surface area contributed by atoms with Gasteiger partial charge in [-0.3, -0.25) is 4.98 Å². The van der Waals surface area contributed by atoms with E-state index in [4.69, 9.17) is 0 Å². The Morgan fingerprint density at radius 1 is 0.905 bits per heavy atom. The Hall–Kier alpha value is -0.910. The summed E-state index contributed by atoms with van der Waals surface area (Å²) in [5, 5.41) is 4.57. The van der Waals surface area contributed by atoms with E-state index in [1.54, 1.807) is 0 Å². The highest BCUT2D eigenvalue weighted by Gasteiger charge is 2.07. The number of nitrogens with one attached hydrogen (secondary N) is 1. The van der Waals surface area contributed by atoms with Gasteiger partial charge in [-0.05, 0) is 56.1 Å². The highest BCUT2D eigenvalue weighted by atomic mass is 79.9. The average Bonchev–Trinajstić information content (AvgIpc) is 2.46. The van der Waals surface area contributed by atoms with Crippen LogP contribution in [0.25, 0.3) is 10.9 Å². The molecule has 0 spiro atoms. The van der Waals surface area contributed by atoms with E-state index in [2.05, 4.69) is 76.3 Å². The van der Waals surface area contributed by atoms with Gasteiger partial charge in [0.15, 0.2) is 0 Å². The summed E-state index contributed by atoms with van der Waals surface area (Å²) in [5.41, 5.74) is 3.05. The van der Waals surface area contributed by atoms with Crippen molar-refractivity contribution < 1.29 is 0 Å². The van der Waals surface area contributed by atoms with Gasteiger partial charge in [-0.1, -0.05) is 40.2 Å². The lowest BCUT2D eigenvalue weighted by molar-refractivity contribution is 1.06. The van der Waals surface area contributed by atoms with Gasteiger partial charge in [-0.2, -0.15) is 0 Å². The highest BCUT2D eigenvalue weighted by molar-refractivity contribution is 9.11. The molecule has 0 aliphatic heterocycles. The molecule has 0 atom stereocenters. The third-order valence-electron chi connectivity index (χ3n) is 3.11. The molecule has 1 N–H and O–H groups in total. The predicted molar refractivity (Wildman–Crippen MR) is 98.6 cm³/mol. The number of hydrogen-bond acceptors (Lipinski definition) is 2. The van der Waals surface area contributed by atoms with E-state index in [1.165, 1.54) is 0 Å². The first kappa shape index (κ1) is 15.0. The summed E-state index contributed by atoms with van der Waals surface area (Å²) >= 11 is 10.6. The number of para-hydroxylation sites is 1. The van der Waals surface area contributed by atoms with Crippen molar-refractivity contribution in [1.82, 2.24) is 4.98 Å². The van der Waals surface area contributed by atoms with Gasteiger partial charge in [-0.25, -0.2) is 0 Å². The second kappa shape index (κ2) is 6.46. The van der Waals surface area contributed by atoms with Crippen LogP contribution in [0.5, 0.6) is 0 Å². The molecule has 0 aliphatic rings. The minimum Gasteiger partial charge on any atom is -0.378 e. The smallest absolute Gasteiger partial charge is 0.0706 e. The molecule has 2 nitrogen and oxygen atoms in total. The topological polar surface area (TPSA) is 24.9 Å². The fourth-order valence-corrected chi connectivity index (χ4v) is 4.64.